The first-order valence-electron chi connectivity index (χ1n) is 22.3. The van der Waals surface area contributed by atoms with Crippen molar-refractivity contribution in [3.05, 3.63) is 5.73 Å². The SMILES string of the molecule is CC1O[C@@H](OC2[C@H](O[C@@H]3C([NH-])[C@H](O[C@@H]4C(O)[C@@H](O[C@H]5C(CO)O[C@@H](O[C@@H]6C(CO)O[C@@H](C(C)C)C(O)[C@H]6O)C(O)[C@H]5O)OC(CO)[C@@H]4O)OC(CO)[C@@H]3O)OC(CO)[C@H](O)[C@@H]2O)[C@@H](O)C(O)[C@H]1O.[Ac].[Ac].[Ac].[Ac].[Ac].[Ac].[Ac].[Ac].[Ac].[Ac].[Ac].[Ac].[Ac].[Ac].[Ac].[Ac].[Ac].[Ac]. The fourth-order valence-corrected chi connectivity index (χ4v) is 9.05. The van der Waals surface area contributed by atoms with Gasteiger partial charge in [-0.25, -0.2) is 0 Å². The number of rotatable bonds is 16. The van der Waals surface area contributed by atoms with E-state index in [1.165, 1.54) is 6.92 Å². The van der Waals surface area contributed by atoms with Crippen LogP contribution in [0.5, 0.6) is 0 Å². The summed E-state index contributed by atoms with van der Waals surface area (Å²) in [5.41, 5.74) is 9.06. The van der Waals surface area contributed by atoms with Crippen LogP contribution in [0.25, 0.3) is 5.73 Å². The molecule has 0 spiro atoms. The van der Waals surface area contributed by atoms with Crippen molar-refractivity contribution >= 4 is 0 Å². The molecule has 0 aromatic carbocycles. The van der Waals surface area contributed by atoms with E-state index in [4.69, 9.17) is 57.8 Å². The molecule has 452 valence electrons. The summed E-state index contributed by atoms with van der Waals surface area (Å²) in [5.74, 6) is -0.304. The van der Waals surface area contributed by atoms with Crippen LogP contribution in [0.1, 0.15) is 20.8 Å². The maximum atomic E-state index is 11.6. The monoisotopic (exact) mass is 5080 g/mol. The second kappa shape index (κ2) is 72.6. The van der Waals surface area contributed by atoms with E-state index in [0.717, 1.165) is 0 Å². The molecule has 6 rings (SSSR count). The molecule has 18 N–H and O–H groups in total. The maximum absolute atomic E-state index is 11.6. The van der Waals surface area contributed by atoms with Gasteiger partial charge in [0.25, 0.3) is 0 Å². The Kier molecular flexibility index (Phi) is 118. The smallest absolute Gasteiger partial charge is 0.187 e. The van der Waals surface area contributed by atoms with Crippen LogP contribution in [0.2, 0.25) is 0 Å². The number of ether oxygens (including phenoxy) is 11. The molecule has 0 aromatic rings. The molecule has 29 nitrogen and oxygen atoms in total. The molecular formula is C39H68Ac18NO28-. The summed E-state index contributed by atoms with van der Waals surface area (Å²) in [6.45, 7) is 0.206. The first-order valence-corrected chi connectivity index (χ1v) is 22.3. The molecule has 6 aliphatic rings. The van der Waals surface area contributed by atoms with E-state index in [9.17, 15) is 86.8 Å². The minimum Gasteiger partial charge on any atom is -0.668 e. The van der Waals surface area contributed by atoms with Crippen LogP contribution >= 0.6 is 0 Å². The van der Waals surface area contributed by atoms with Crippen LogP contribution < -0.4 is 0 Å². The van der Waals surface area contributed by atoms with Crippen LogP contribution in [0.3, 0.4) is 0 Å². The molecular weight excluding hydrogens is 5020 g/mol. The van der Waals surface area contributed by atoms with Crippen LogP contribution in [0, 0.1) is 799 Å². The summed E-state index contributed by atoms with van der Waals surface area (Å²) in [6.07, 6.45) is -51.1. The quantitative estimate of drug-likeness (QED) is 0.0682. The molecule has 0 saturated carbocycles. The molecule has 86 heavy (non-hydrogen) atoms. The Hall–Kier alpha value is 24.8. The Labute approximate surface area is 1140 Å². The van der Waals surface area contributed by atoms with Gasteiger partial charge in [0.1, 0.15) is 134 Å². The predicted octanol–water partition coefficient (Wildman–Crippen LogP) is -10.3. The van der Waals surface area contributed by atoms with Crippen LogP contribution in [0.15, 0.2) is 0 Å². The normalized spacial score (nSPS) is 41.8. The van der Waals surface area contributed by atoms with Crippen LogP contribution in [-0.2, 0) is 52.1 Å². The van der Waals surface area contributed by atoms with E-state index in [0.29, 0.717) is 0 Å². The molecule has 6 aliphatic heterocycles. The summed E-state index contributed by atoms with van der Waals surface area (Å²) in [6, 6.07) is -1.97. The zero-order chi connectivity index (χ0) is 50.2. The minimum atomic E-state index is -2.16. The first kappa shape index (κ1) is 140. The molecule has 12 unspecified atom stereocenters. The van der Waals surface area contributed by atoms with E-state index >= 15 is 0 Å². The van der Waals surface area contributed by atoms with Gasteiger partial charge >= 0.3 is 0 Å². The van der Waals surface area contributed by atoms with E-state index in [1.807, 2.05) is 0 Å². The van der Waals surface area contributed by atoms with E-state index in [2.05, 4.69) is 0 Å². The first-order chi connectivity index (χ1) is 32.1. The third-order valence-corrected chi connectivity index (χ3v) is 13.1. The molecule has 18 radical (unpaired) electrons. The Morgan fingerprint density at radius 1 is 0.291 bits per heavy atom. The minimum absolute atomic E-state index is 0. The molecule has 0 aliphatic carbocycles. The molecule has 6 fully saturated rings. The molecule has 6 saturated heterocycles. The molecule has 0 amide bonds. The number of hydrogen-bond acceptors (Lipinski definition) is 28. The molecule has 6 heterocycles. The maximum Gasteiger partial charge on any atom is 0.187 e. The molecule has 47 heteroatoms. The number of aliphatic hydroxyl groups is 17. The third-order valence-electron chi connectivity index (χ3n) is 13.1. The van der Waals surface area contributed by atoms with Gasteiger partial charge in [0.05, 0.1) is 51.3 Å². The zero-order valence-corrected chi connectivity index (χ0v) is 133. The van der Waals surface area contributed by atoms with Gasteiger partial charge in [-0.05, 0) is 12.8 Å². The second-order valence-electron chi connectivity index (χ2n) is 18.1. The standard InChI is InChI=1S/C39H68NO28.18Ac/c1-9(2)29-23(52)24(53)30(14(7-44)59-29)64-37-27(56)25(54)31(15(8-45)63-37)65-38-28(57)33(20(49)13(6-43)61-38)67-35-16(40)32(19(48)12(5-42)60-35)66-39-34(22(51)18(47)11(4-41)62-39)68-36-26(55)21(50)17(46)10(3)58-36;;;;;;;;;;;;;;;;;;/h9-57H,4-8H2,1-3H3;;;;;;;;;;;;;;;;;;/q-1;;;;;;;;;;;;;;;;;;/t10?,11?,12?,13?,14?,15?,16?,17-,18-,19-,20-,21?,22-,23?,24+,25+,26-,27?,28?,29-,30+,31-,32+,33-,34?,35-,36-,37-,38+,39-;;;;;;;;;;;;;;;;;;/m0................../s1. The summed E-state index contributed by atoms with van der Waals surface area (Å²) >= 11 is 0. The fraction of sp³-hybridized carbons (Fsp3) is 1.00. The van der Waals surface area contributed by atoms with Crippen molar-refractivity contribution in [1.82, 2.24) is 0 Å². The average Bonchev–Trinajstić information content (AvgIpc) is 3.31. The topological polar surface area (TPSA) is 469 Å². The van der Waals surface area contributed by atoms with Gasteiger partial charge in [0.15, 0.2) is 25.2 Å². The van der Waals surface area contributed by atoms with Crippen LogP contribution in [-0.4, -0.2) is 304 Å². The Morgan fingerprint density at radius 2 is 0.593 bits per heavy atom. The number of hydrogen-bond donors (Lipinski definition) is 17. The van der Waals surface area contributed by atoms with Crippen molar-refractivity contribution in [2.45, 2.75) is 205 Å². The molecule has 0 aromatic heterocycles. The summed E-state index contributed by atoms with van der Waals surface area (Å²) < 4.78 is 62.8. The van der Waals surface area contributed by atoms with Crippen molar-refractivity contribution < 1.29 is 932 Å². The van der Waals surface area contributed by atoms with Crippen LogP contribution in [0.4, 0.5) is 0 Å². The molecule has 0 bridgehead atoms. The fourth-order valence-electron chi connectivity index (χ4n) is 9.05. The zero-order valence-electron chi connectivity index (χ0n) is 47.4. The van der Waals surface area contributed by atoms with Gasteiger partial charge in [-0.1, -0.05) is 19.9 Å². The largest absolute Gasteiger partial charge is 0.668 e. The summed E-state index contributed by atoms with van der Waals surface area (Å²) in [4.78, 5) is 0. The number of nitrogens with one attached hydrogen (secondary N) is 1. The summed E-state index contributed by atoms with van der Waals surface area (Å²) in [7, 11) is 0. The predicted molar refractivity (Wildman–Crippen MR) is 212 cm³/mol. The Morgan fingerprint density at radius 3 is 1.03 bits per heavy atom. The Bertz CT molecular complexity index is 1610. The number of aliphatic hydroxyl groups excluding tert-OH is 17. The van der Waals surface area contributed by atoms with Crippen molar-refractivity contribution in [2.24, 2.45) is 5.92 Å². The van der Waals surface area contributed by atoms with Gasteiger partial charge in [-0.2, -0.15) is 0 Å². The second-order valence-corrected chi connectivity index (χ2v) is 18.1. The van der Waals surface area contributed by atoms with Crippen molar-refractivity contribution in [1.29, 1.82) is 0 Å². The van der Waals surface area contributed by atoms with E-state index in [1.54, 1.807) is 13.8 Å². The van der Waals surface area contributed by atoms with Gasteiger partial charge in [-0.3, -0.25) is 0 Å². The van der Waals surface area contributed by atoms with Gasteiger partial charge in [0, 0.05) is 793 Å². The van der Waals surface area contributed by atoms with Crippen molar-refractivity contribution in [2.75, 3.05) is 33.0 Å². The molecule has 30 atom stereocenters. The van der Waals surface area contributed by atoms with Gasteiger partial charge in [-0.15, -0.1) is 0 Å². The van der Waals surface area contributed by atoms with Gasteiger partial charge in [0.2, 0.25) is 0 Å². The van der Waals surface area contributed by atoms with E-state index < -0.39 is 217 Å². The average molecular weight is 5080 g/mol. The van der Waals surface area contributed by atoms with Gasteiger partial charge < -0.3 is 145 Å². The van der Waals surface area contributed by atoms with Crippen molar-refractivity contribution in [3.63, 3.8) is 0 Å². The Balaban J connectivity index is -0.000000269. The summed E-state index contributed by atoms with van der Waals surface area (Å²) in [5, 5.41) is 182. The van der Waals surface area contributed by atoms with E-state index in [-0.39, 0.29) is 799 Å². The third kappa shape index (κ3) is 39.5. The van der Waals surface area contributed by atoms with Crippen molar-refractivity contribution in [3.8, 4) is 0 Å².